The third kappa shape index (κ3) is 5.74. The minimum absolute atomic E-state index is 0. The van der Waals surface area contributed by atoms with Gasteiger partial charge in [0.15, 0.2) is 11.8 Å². The molecule has 1 aromatic rings. The second kappa shape index (κ2) is 9.43. The summed E-state index contributed by atoms with van der Waals surface area (Å²) in [6, 6.07) is 0.557. The van der Waals surface area contributed by atoms with Crippen molar-refractivity contribution in [3.63, 3.8) is 0 Å². The first-order valence-corrected chi connectivity index (χ1v) is 10.1. The van der Waals surface area contributed by atoms with Gasteiger partial charge >= 0.3 is 0 Å². The lowest BCUT2D eigenvalue weighted by atomic mass is 10.1. The average molecular weight is 478 g/mol. The molecule has 8 heteroatoms. The van der Waals surface area contributed by atoms with Crippen molar-refractivity contribution >= 4 is 41.7 Å². The zero-order chi connectivity index (χ0) is 17.0. The van der Waals surface area contributed by atoms with Crippen molar-refractivity contribution in [1.29, 1.82) is 0 Å². The summed E-state index contributed by atoms with van der Waals surface area (Å²) in [5, 5.41) is 15.5. The Balaban J connectivity index is 0.00000225. The van der Waals surface area contributed by atoms with E-state index in [1.54, 1.807) is 0 Å². The number of hydrogen-bond acceptors (Lipinski definition) is 4. The lowest BCUT2D eigenvalue weighted by Crippen LogP contribution is -2.46. The Morgan fingerprint density at radius 3 is 2.68 bits per heavy atom. The minimum atomic E-state index is 0. The highest BCUT2D eigenvalue weighted by molar-refractivity contribution is 14.0. The van der Waals surface area contributed by atoms with Crippen molar-refractivity contribution in [3.05, 3.63) is 11.6 Å². The molecule has 1 aliphatic carbocycles. The number of rotatable bonds is 5. The fraction of sp³-hybridized carbons (Fsp3) is 0.824. The highest BCUT2D eigenvalue weighted by atomic mass is 127. The van der Waals surface area contributed by atoms with Crippen LogP contribution in [0.15, 0.2) is 4.99 Å². The Morgan fingerprint density at radius 1 is 1.32 bits per heavy atom. The molecule has 2 fully saturated rings. The van der Waals surface area contributed by atoms with Crippen LogP contribution >= 0.6 is 35.7 Å². The van der Waals surface area contributed by atoms with Crippen LogP contribution in [0, 0.1) is 6.92 Å². The Morgan fingerprint density at radius 2 is 2.08 bits per heavy atom. The van der Waals surface area contributed by atoms with Gasteiger partial charge in [0, 0.05) is 24.4 Å². The van der Waals surface area contributed by atoms with Gasteiger partial charge in [0.2, 0.25) is 0 Å². The van der Waals surface area contributed by atoms with Crippen molar-refractivity contribution < 1.29 is 0 Å². The predicted octanol–water partition coefficient (Wildman–Crippen LogP) is 3.01. The summed E-state index contributed by atoms with van der Waals surface area (Å²) in [4.78, 5) is 4.79. The molecule has 25 heavy (non-hydrogen) atoms. The largest absolute Gasteiger partial charge is 0.355 e. The van der Waals surface area contributed by atoms with Gasteiger partial charge in [-0.15, -0.1) is 34.2 Å². The highest BCUT2D eigenvalue weighted by Gasteiger charge is 2.29. The second-order valence-electron chi connectivity index (χ2n) is 7.27. The van der Waals surface area contributed by atoms with Crippen LogP contribution in [-0.4, -0.2) is 43.8 Å². The average Bonchev–Trinajstić information content (AvgIpc) is 3.29. The van der Waals surface area contributed by atoms with E-state index in [-0.39, 0.29) is 24.0 Å². The number of nitrogens with zero attached hydrogens (tertiary/aromatic N) is 4. The van der Waals surface area contributed by atoms with Gasteiger partial charge in [0.25, 0.3) is 0 Å². The number of hydrogen-bond donors (Lipinski definition) is 2. The van der Waals surface area contributed by atoms with Gasteiger partial charge in [-0.3, -0.25) is 0 Å². The molecule has 142 valence electrons. The van der Waals surface area contributed by atoms with Gasteiger partial charge in [-0.05, 0) is 45.3 Å². The molecule has 2 N–H and O–H groups in total. The fourth-order valence-corrected chi connectivity index (χ4v) is 4.65. The molecule has 1 atom stereocenters. The van der Waals surface area contributed by atoms with Crippen molar-refractivity contribution in [2.75, 3.05) is 12.3 Å². The normalized spacial score (nSPS) is 24.4. The van der Waals surface area contributed by atoms with Gasteiger partial charge in [0.05, 0.1) is 0 Å². The zero-order valence-electron chi connectivity index (χ0n) is 15.5. The van der Waals surface area contributed by atoms with Gasteiger partial charge in [-0.2, -0.15) is 11.8 Å². The second-order valence-corrected chi connectivity index (χ2v) is 8.95. The molecule has 2 aliphatic rings. The first kappa shape index (κ1) is 20.8. The van der Waals surface area contributed by atoms with E-state index in [0.717, 1.165) is 24.2 Å². The Labute approximate surface area is 172 Å². The van der Waals surface area contributed by atoms with E-state index in [1.165, 1.54) is 44.3 Å². The Bertz CT molecular complexity index is 576. The van der Waals surface area contributed by atoms with E-state index in [4.69, 9.17) is 4.99 Å². The van der Waals surface area contributed by atoms with Gasteiger partial charge in [-0.1, -0.05) is 12.8 Å². The van der Waals surface area contributed by atoms with Gasteiger partial charge in [0.1, 0.15) is 12.4 Å². The molecule has 1 unspecified atom stereocenters. The van der Waals surface area contributed by atoms with Crippen LogP contribution in [-0.2, 0) is 13.6 Å². The number of aliphatic imine (C=N–C) groups is 1. The van der Waals surface area contributed by atoms with E-state index in [1.807, 2.05) is 18.5 Å². The summed E-state index contributed by atoms with van der Waals surface area (Å²) in [6.07, 6.45) is 7.74. The smallest absolute Gasteiger partial charge is 0.191 e. The van der Waals surface area contributed by atoms with Crippen LogP contribution in [0.2, 0.25) is 0 Å². The minimum Gasteiger partial charge on any atom is -0.355 e. The summed E-state index contributed by atoms with van der Waals surface area (Å²) < 4.78 is 2.34. The number of aromatic nitrogens is 3. The van der Waals surface area contributed by atoms with Crippen molar-refractivity contribution in [3.8, 4) is 0 Å². The summed E-state index contributed by atoms with van der Waals surface area (Å²) in [6.45, 7) is 5.85. The summed E-state index contributed by atoms with van der Waals surface area (Å²) in [5.74, 6) is 4.03. The molecule has 1 saturated carbocycles. The topological polar surface area (TPSA) is 67.1 Å². The molecule has 2 heterocycles. The van der Waals surface area contributed by atoms with Crippen LogP contribution < -0.4 is 10.6 Å². The number of nitrogens with one attached hydrogen (secondary N) is 2. The maximum Gasteiger partial charge on any atom is 0.191 e. The Hall–Kier alpha value is -0.510. The maximum atomic E-state index is 4.79. The number of guanidine groups is 1. The molecular weight excluding hydrogens is 447 g/mol. The quantitative estimate of drug-likeness (QED) is 0.387. The van der Waals surface area contributed by atoms with Crippen LogP contribution in [0.4, 0.5) is 0 Å². The molecular formula is C17H31IN6S. The SMILES string of the molecule is Cc1nnc(CN=C(NCC2(C)CCCS2)NC2CCCC2)n1C.I. The zero-order valence-corrected chi connectivity index (χ0v) is 18.7. The van der Waals surface area contributed by atoms with E-state index in [9.17, 15) is 0 Å². The van der Waals surface area contributed by atoms with Crippen LogP contribution in [0.1, 0.15) is 57.1 Å². The van der Waals surface area contributed by atoms with Gasteiger partial charge < -0.3 is 15.2 Å². The van der Waals surface area contributed by atoms with Gasteiger partial charge in [-0.25, -0.2) is 4.99 Å². The summed E-state index contributed by atoms with van der Waals surface area (Å²) in [7, 11) is 1.99. The third-order valence-corrected chi connectivity index (χ3v) is 6.73. The molecule has 0 spiro atoms. The fourth-order valence-electron chi connectivity index (χ4n) is 3.40. The first-order valence-electron chi connectivity index (χ1n) is 9.09. The molecule has 6 nitrogen and oxygen atoms in total. The number of aryl methyl sites for hydroxylation is 1. The molecule has 0 radical (unpaired) electrons. The summed E-state index contributed by atoms with van der Waals surface area (Å²) in [5.41, 5.74) is 0. The van der Waals surface area contributed by atoms with E-state index in [0.29, 0.717) is 17.3 Å². The Kier molecular flexibility index (Phi) is 7.85. The van der Waals surface area contributed by atoms with Crippen molar-refractivity contribution in [2.24, 2.45) is 12.0 Å². The lowest BCUT2D eigenvalue weighted by Gasteiger charge is -2.25. The molecule has 1 aromatic heterocycles. The predicted molar refractivity (Wildman–Crippen MR) is 116 cm³/mol. The molecule has 0 bridgehead atoms. The number of thioether (sulfide) groups is 1. The monoisotopic (exact) mass is 478 g/mol. The third-order valence-electron chi connectivity index (χ3n) is 5.19. The van der Waals surface area contributed by atoms with Crippen LogP contribution in [0.3, 0.4) is 0 Å². The summed E-state index contributed by atoms with van der Waals surface area (Å²) >= 11 is 2.08. The lowest BCUT2D eigenvalue weighted by molar-refractivity contribution is 0.565. The van der Waals surface area contributed by atoms with Crippen molar-refractivity contribution in [2.45, 2.75) is 69.7 Å². The molecule has 0 aromatic carbocycles. The van der Waals surface area contributed by atoms with Crippen LogP contribution in [0.25, 0.3) is 0 Å². The highest BCUT2D eigenvalue weighted by Crippen LogP contribution is 2.36. The standard InChI is InChI=1S/C17H30N6S.HI/c1-13-21-22-15(23(13)3)11-18-16(20-14-7-4-5-8-14)19-12-17(2)9-6-10-24-17;/h14H,4-12H2,1-3H3,(H2,18,19,20);1H. The molecule has 3 rings (SSSR count). The van der Waals surface area contributed by atoms with E-state index < -0.39 is 0 Å². The van der Waals surface area contributed by atoms with E-state index >= 15 is 0 Å². The molecule has 0 amide bonds. The van der Waals surface area contributed by atoms with Crippen LogP contribution in [0.5, 0.6) is 0 Å². The van der Waals surface area contributed by atoms with Crippen molar-refractivity contribution in [1.82, 2.24) is 25.4 Å². The molecule has 1 saturated heterocycles. The maximum absolute atomic E-state index is 4.79. The molecule has 1 aliphatic heterocycles. The van der Waals surface area contributed by atoms with E-state index in [2.05, 4.69) is 39.5 Å². The number of halogens is 1. The first-order chi connectivity index (χ1) is 11.6.